The molecule has 4 nitrogen and oxygen atoms in total. The normalized spacial score (nSPS) is 10.6. The Morgan fingerprint density at radius 3 is 2.41 bits per heavy atom. The Morgan fingerprint density at radius 2 is 1.86 bits per heavy atom. The molecule has 2 amide bonds. The molecule has 0 atom stereocenters. The molecule has 1 N–H and O–H groups in total. The van der Waals surface area contributed by atoms with E-state index in [1.165, 1.54) is 13.0 Å². The average molecular weight is 312 g/mol. The zero-order valence-electron chi connectivity index (χ0n) is 13.2. The molecule has 0 saturated heterocycles. The van der Waals surface area contributed by atoms with Gasteiger partial charge in [0.05, 0.1) is 0 Å². The molecule has 1 aromatic rings. The highest BCUT2D eigenvalue weighted by Crippen LogP contribution is 2.08. The third-order valence-corrected chi connectivity index (χ3v) is 3.27. The minimum Gasteiger partial charge on any atom is -0.350 e. The lowest BCUT2D eigenvalue weighted by atomic mass is 10.1. The highest BCUT2D eigenvalue weighted by Gasteiger charge is 2.12. The summed E-state index contributed by atoms with van der Waals surface area (Å²) in [6, 6.07) is 2.98. The number of hydrogen-bond donors (Lipinski definition) is 1. The van der Waals surface area contributed by atoms with Gasteiger partial charge in [-0.3, -0.25) is 9.59 Å². The van der Waals surface area contributed by atoms with Gasteiger partial charge in [0.2, 0.25) is 5.91 Å². The van der Waals surface area contributed by atoms with Gasteiger partial charge in [0.1, 0.15) is 0 Å². The van der Waals surface area contributed by atoms with Crippen molar-refractivity contribution in [2.24, 2.45) is 5.92 Å². The van der Waals surface area contributed by atoms with Gasteiger partial charge in [0, 0.05) is 32.1 Å². The van der Waals surface area contributed by atoms with Crippen LogP contribution in [0.15, 0.2) is 18.2 Å². The predicted molar refractivity (Wildman–Crippen MR) is 80.4 cm³/mol. The highest BCUT2D eigenvalue weighted by atomic mass is 19.2. The molecule has 0 aromatic heterocycles. The Hall–Kier alpha value is -1.98. The second-order valence-electron chi connectivity index (χ2n) is 5.57. The first-order valence-corrected chi connectivity index (χ1v) is 7.30. The van der Waals surface area contributed by atoms with Gasteiger partial charge in [0.25, 0.3) is 5.91 Å². The van der Waals surface area contributed by atoms with E-state index in [0.717, 1.165) is 18.6 Å². The summed E-state index contributed by atoms with van der Waals surface area (Å²) in [6.45, 7) is 6.91. The van der Waals surface area contributed by atoms with Crippen molar-refractivity contribution in [2.75, 3.05) is 19.6 Å². The number of carbonyl (C=O) groups excluding carboxylic acids is 2. The second-order valence-corrected chi connectivity index (χ2v) is 5.57. The van der Waals surface area contributed by atoms with Gasteiger partial charge >= 0.3 is 0 Å². The van der Waals surface area contributed by atoms with Crippen LogP contribution >= 0.6 is 0 Å². The Morgan fingerprint density at radius 1 is 1.18 bits per heavy atom. The molecule has 122 valence electrons. The number of nitrogens with zero attached hydrogens (tertiary/aromatic N) is 1. The molecule has 0 radical (unpaired) electrons. The first kappa shape index (κ1) is 18.1. The minimum atomic E-state index is -1.06. The fourth-order valence-electron chi connectivity index (χ4n) is 1.88. The van der Waals surface area contributed by atoms with E-state index in [0.29, 0.717) is 19.0 Å². The summed E-state index contributed by atoms with van der Waals surface area (Å²) >= 11 is 0. The Balaban J connectivity index is 2.48. The van der Waals surface area contributed by atoms with E-state index in [-0.39, 0.29) is 18.0 Å². The van der Waals surface area contributed by atoms with E-state index in [1.807, 2.05) is 0 Å². The van der Waals surface area contributed by atoms with E-state index < -0.39 is 17.5 Å². The van der Waals surface area contributed by atoms with Crippen LogP contribution < -0.4 is 5.32 Å². The number of carbonyl (C=O) groups is 2. The summed E-state index contributed by atoms with van der Waals surface area (Å²) in [4.78, 5) is 25.0. The molecule has 22 heavy (non-hydrogen) atoms. The van der Waals surface area contributed by atoms with Crippen LogP contribution in [0, 0.1) is 17.6 Å². The largest absolute Gasteiger partial charge is 0.350 e. The predicted octanol–water partition coefficient (Wildman–Crippen LogP) is 2.59. The molecular formula is C16H22F2N2O2. The Labute approximate surface area is 129 Å². The number of benzene rings is 1. The number of nitrogens with one attached hydrogen (secondary N) is 1. The van der Waals surface area contributed by atoms with Crippen molar-refractivity contribution in [1.82, 2.24) is 10.2 Å². The smallest absolute Gasteiger partial charge is 0.251 e. The summed E-state index contributed by atoms with van der Waals surface area (Å²) in [5.74, 6) is -2.12. The standard InChI is InChI=1S/C16H22F2N2O2/c1-11(2)6-8-20(12(3)21)9-7-19-16(22)13-4-5-14(17)15(18)10-13/h4-5,10-11H,6-9H2,1-3H3,(H,19,22). The van der Waals surface area contributed by atoms with E-state index in [9.17, 15) is 18.4 Å². The highest BCUT2D eigenvalue weighted by molar-refractivity contribution is 5.94. The quantitative estimate of drug-likeness (QED) is 0.841. The van der Waals surface area contributed by atoms with E-state index in [2.05, 4.69) is 19.2 Å². The first-order valence-electron chi connectivity index (χ1n) is 7.30. The zero-order chi connectivity index (χ0) is 16.7. The lowest BCUT2D eigenvalue weighted by Gasteiger charge is -2.22. The van der Waals surface area contributed by atoms with Crippen LogP contribution in [0.1, 0.15) is 37.6 Å². The molecule has 0 aliphatic heterocycles. The molecule has 0 unspecified atom stereocenters. The first-order chi connectivity index (χ1) is 10.3. The molecule has 0 heterocycles. The van der Waals surface area contributed by atoms with Gasteiger partial charge < -0.3 is 10.2 Å². The lowest BCUT2D eigenvalue weighted by Crippen LogP contribution is -2.38. The van der Waals surface area contributed by atoms with Gasteiger partial charge in [-0.2, -0.15) is 0 Å². The minimum absolute atomic E-state index is 0.0513. The third-order valence-electron chi connectivity index (χ3n) is 3.27. The monoisotopic (exact) mass is 312 g/mol. The molecule has 0 saturated carbocycles. The van der Waals surface area contributed by atoms with Crippen molar-refractivity contribution in [3.8, 4) is 0 Å². The maximum absolute atomic E-state index is 13.1. The van der Waals surface area contributed by atoms with E-state index >= 15 is 0 Å². The molecule has 0 bridgehead atoms. The molecule has 6 heteroatoms. The number of hydrogen-bond acceptors (Lipinski definition) is 2. The van der Waals surface area contributed by atoms with Crippen LogP contribution in [0.3, 0.4) is 0 Å². The number of rotatable bonds is 7. The SMILES string of the molecule is CC(=O)N(CCNC(=O)c1ccc(F)c(F)c1)CCC(C)C. The van der Waals surface area contributed by atoms with Crippen LogP contribution in [-0.4, -0.2) is 36.3 Å². The fraction of sp³-hybridized carbons (Fsp3) is 0.500. The van der Waals surface area contributed by atoms with Crippen molar-refractivity contribution < 1.29 is 18.4 Å². The van der Waals surface area contributed by atoms with Crippen LogP contribution in [0.5, 0.6) is 0 Å². The summed E-state index contributed by atoms with van der Waals surface area (Å²) in [5.41, 5.74) is 0.0513. The lowest BCUT2D eigenvalue weighted by molar-refractivity contribution is -0.128. The van der Waals surface area contributed by atoms with Gasteiger partial charge in [-0.05, 0) is 30.5 Å². The van der Waals surface area contributed by atoms with Crippen molar-refractivity contribution in [2.45, 2.75) is 27.2 Å². The molecule has 0 aliphatic carbocycles. The topological polar surface area (TPSA) is 49.4 Å². The Kier molecular flexibility index (Phi) is 6.95. The summed E-state index contributed by atoms with van der Waals surface area (Å²) < 4.78 is 25.9. The van der Waals surface area contributed by atoms with Crippen molar-refractivity contribution in [3.05, 3.63) is 35.4 Å². The maximum atomic E-state index is 13.1. The third kappa shape index (κ3) is 5.79. The summed E-state index contributed by atoms with van der Waals surface area (Å²) in [5, 5.41) is 2.60. The van der Waals surface area contributed by atoms with E-state index in [4.69, 9.17) is 0 Å². The molecule has 1 rings (SSSR count). The molecule has 0 spiro atoms. The Bertz CT molecular complexity index is 533. The van der Waals surface area contributed by atoms with Gasteiger partial charge in [-0.25, -0.2) is 8.78 Å². The fourth-order valence-corrected chi connectivity index (χ4v) is 1.88. The molecule has 1 aromatic carbocycles. The van der Waals surface area contributed by atoms with Gasteiger partial charge in [-0.15, -0.1) is 0 Å². The average Bonchev–Trinajstić information content (AvgIpc) is 2.44. The van der Waals surface area contributed by atoms with Crippen LogP contribution in [0.4, 0.5) is 8.78 Å². The number of amides is 2. The zero-order valence-corrected chi connectivity index (χ0v) is 13.2. The van der Waals surface area contributed by atoms with Crippen LogP contribution in [0.25, 0.3) is 0 Å². The van der Waals surface area contributed by atoms with Crippen molar-refractivity contribution in [3.63, 3.8) is 0 Å². The van der Waals surface area contributed by atoms with Crippen LogP contribution in [-0.2, 0) is 4.79 Å². The summed E-state index contributed by atoms with van der Waals surface area (Å²) in [6.07, 6.45) is 0.886. The molecule has 0 fully saturated rings. The second kappa shape index (κ2) is 8.46. The van der Waals surface area contributed by atoms with Crippen molar-refractivity contribution >= 4 is 11.8 Å². The summed E-state index contributed by atoms with van der Waals surface area (Å²) in [7, 11) is 0. The molecule has 0 aliphatic rings. The van der Waals surface area contributed by atoms with E-state index in [1.54, 1.807) is 4.90 Å². The van der Waals surface area contributed by atoms with Crippen molar-refractivity contribution in [1.29, 1.82) is 0 Å². The van der Waals surface area contributed by atoms with Crippen LogP contribution in [0.2, 0.25) is 0 Å². The molecular weight excluding hydrogens is 290 g/mol. The number of halogens is 2. The van der Waals surface area contributed by atoms with Gasteiger partial charge in [0.15, 0.2) is 11.6 Å². The maximum Gasteiger partial charge on any atom is 0.251 e. The van der Waals surface area contributed by atoms with Gasteiger partial charge in [-0.1, -0.05) is 13.8 Å².